The number of rotatable bonds is 6. The van der Waals surface area contributed by atoms with E-state index >= 15 is 0 Å². The Morgan fingerprint density at radius 2 is 2.22 bits per heavy atom. The highest BCUT2D eigenvalue weighted by Gasteiger charge is 2.13. The maximum atomic E-state index is 11.7. The van der Waals surface area contributed by atoms with Gasteiger partial charge in [-0.1, -0.05) is 6.92 Å². The lowest BCUT2D eigenvalue weighted by Gasteiger charge is -2.16. The van der Waals surface area contributed by atoms with Crippen LogP contribution in [0.1, 0.15) is 43.9 Å². The van der Waals surface area contributed by atoms with Crippen molar-refractivity contribution in [3.05, 3.63) is 16.1 Å². The number of nitrogens with one attached hydrogen (secondary N) is 2. The summed E-state index contributed by atoms with van der Waals surface area (Å²) in [5, 5.41) is 17.4. The van der Waals surface area contributed by atoms with Gasteiger partial charge in [0.15, 0.2) is 0 Å². The van der Waals surface area contributed by atoms with Crippen LogP contribution in [0.2, 0.25) is 0 Å². The molecule has 1 rings (SSSR count). The first kappa shape index (κ1) is 14.9. The van der Waals surface area contributed by atoms with E-state index in [-0.39, 0.29) is 24.7 Å². The molecule has 0 saturated heterocycles. The Morgan fingerprint density at radius 1 is 1.50 bits per heavy atom. The topological polar surface area (TPSA) is 74.2 Å². The minimum absolute atomic E-state index is 0.0381. The van der Waals surface area contributed by atoms with Crippen molar-refractivity contribution in [3.8, 4) is 0 Å². The van der Waals surface area contributed by atoms with Gasteiger partial charge in [-0.25, -0.2) is 9.78 Å². The third kappa shape index (κ3) is 4.62. The van der Waals surface area contributed by atoms with Crippen LogP contribution in [-0.4, -0.2) is 28.8 Å². The zero-order chi connectivity index (χ0) is 13.5. The predicted molar refractivity (Wildman–Crippen MR) is 72.7 cm³/mol. The summed E-state index contributed by atoms with van der Waals surface area (Å²) in [5.74, 6) is 0. The molecule has 0 aliphatic carbocycles. The van der Waals surface area contributed by atoms with Gasteiger partial charge in [0.2, 0.25) is 0 Å². The van der Waals surface area contributed by atoms with Gasteiger partial charge in [0, 0.05) is 18.0 Å². The van der Waals surface area contributed by atoms with E-state index in [1.54, 1.807) is 11.3 Å². The van der Waals surface area contributed by atoms with Gasteiger partial charge in [-0.3, -0.25) is 0 Å². The molecule has 1 aromatic rings. The van der Waals surface area contributed by atoms with Crippen LogP contribution in [-0.2, 0) is 6.42 Å². The maximum Gasteiger partial charge on any atom is 0.315 e. The van der Waals surface area contributed by atoms with E-state index in [2.05, 4.69) is 22.5 Å². The Morgan fingerprint density at radius 3 is 2.78 bits per heavy atom. The van der Waals surface area contributed by atoms with E-state index in [1.165, 1.54) is 0 Å². The van der Waals surface area contributed by atoms with Crippen molar-refractivity contribution in [1.29, 1.82) is 0 Å². The number of hydrogen-bond acceptors (Lipinski definition) is 4. The zero-order valence-electron chi connectivity index (χ0n) is 11.1. The molecule has 18 heavy (non-hydrogen) atoms. The molecule has 0 aromatic carbocycles. The molecule has 0 spiro atoms. The number of aliphatic hydroxyl groups is 1. The number of carbonyl (C=O) groups is 1. The van der Waals surface area contributed by atoms with Crippen molar-refractivity contribution in [2.45, 2.75) is 45.7 Å². The van der Waals surface area contributed by atoms with Gasteiger partial charge in [-0.15, -0.1) is 11.3 Å². The number of urea groups is 1. The summed E-state index contributed by atoms with van der Waals surface area (Å²) in [6.45, 7) is 5.90. The van der Waals surface area contributed by atoms with E-state index in [1.807, 2.05) is 19.2 Å². The Labute approximate surface area is 112 Å². The first-order valence-electron chi connectivity index (χ1n) is 6.19. The van der Waals surface area contributed by atoms with Gasteiger partial charge in [-0.05, 0) is 26.7 Å². The van der Waals surface area contributed by atoms with E-state index in [4.69, 9.17) is 5.11 Å². The smallest absolute Gasteiger partial charge is 0.315 e. The van der Waals surface area contributed by atoms with Gasteiger partial charge in [0.1, 0.15) is 0 Å². The van der Waals surface area contributed by atoms with Gasteiger partial charge in [-0.2, -0.15) is 0 Å². The van der Waals surface area contributed by atoms with Gasteiger partial charge < -0.3 is 15.7 Å². The summed E-state index contributed by atoms with van der Waals surface area (Å²) in [4.78, 5) is 16.1. The number of aromatic nitrogens is 1. The molecule has 0 radical (unpaired) electrons. The average Bonchev–Trinajstić information content (AvgIpc) is 2.77. The average molecular weight is 271 g/mol. The summed E-state index contributed by atoms with van der Waals surface area (Å²) in [6, 6.07) is -0.374. The van der Waals surface area contributed by atoms with Crippen molar-refractivity contribution in [2.24, 2.45) is 0 Å². The Hall–Kier alpha value is -1.14. The second kappa shape index (κ2) is 7.33. The molecule has 5 nitrogen and oxygen atoms in total. The van der Waals surface area contributed by atoms with Crippen LogP contribution in [0.5, 0.6) is 0 Å². The first-order valence-corrected chi connectivity index (χ1v) is 7.07. The van der Waals surface area contributed by atoms with Crippen molar-refractivity contribution in [2.75, 3.05) is 6.61 Å². The molecule has 6 heteroatoms. The SMILES string of the molecule is CCc1nc(C(C)NC(=O)N[C@H](C)CCO)cs1. The number of aliphatic hydroxyl groups excluding tert-OH is 1. The van der Waals surface area contributed by atoms with Gasteiger partial charge >= 0.3 is 6.03 Å². The fraction of sp³-hybridized carbons (Fsp3) is 0.667. The molecular formula is C12H21N3O2S. The highest BCUT2D eigenvalue weighted by Crippen LogP contribution is 2.16. The Kier molecular flexibility index (Phi) is 6.07. The molecule has 1 unspecified atom stereocenters. The summed E-state index contributed by atoms with van der Waals surface area (Å²) >= 11 is 1.61. The third-order valence-electron chi connectivity index (χ3n) is 2.60. The molecule has 2 atom stereocenters. The molecule has 3 N–H and O–H groups in total. The van der Waals surface area contributed by atoms with E-state index in [9.17, 15) is 4.79 Å². The maximum absolute atomic E-state index is 11.7. The first-order chi connectivity index (χ1) is 8.56. The summed E-state index contributed by atoms with van der Waals surface area (Å²) in [6.07, 6.45) is 1.47. The van der Waals surface area contributed by atoms with Crippen LogP contribution < -0.4 is 10.6 Å². The van der Waals surface area contributed by atoms with Crippen LogP contribution in [0.4, 0.5) is 4.79 Å². The lowest BCUT2D eigenvalue weighted by molar-refractivity contribution is 0.228. The fourth-order valence-corrected chi connectivity index (χ4v) is 2.33. The molecule has 1 aromatic heterocycles. The number of carbonyl (C=O) groups excluding carboxylic acids is 1. The molecule has 102 valence electrons. The molecule has 0 aliphatic heterocycles. The molecular weight excluding hydrogens is 250 g/mol. The van der Waals surface area contributed by atoms with Crippen molar-refractivity contribution in [3.63, 3.8) is 0 Å². The molecule has 0 fully saturated rings. The molecule has 0 saturated carbocycles. The number of nitrogens with zero attached hydrogens (tertiary/aromatic N) is 1. The van der Waals surface area contributed by atoms with E-state index in [0.29, 0.717) is 6.42 Å². The standard InChI is InChI=1S/C12H21N3O2S/c1-4-11-15-10(7-18-11)9(3)14-12(17)13-8(2)5-6-16/h7-9,16H,4-6H2,1-3H3,(H2,13,14,17)/t8-,9?/m1/s1. The van der Waals surface area contributed by atoms with E-state index < -0.39 is 0 Å². The van der Waals surface area contributed by atoms with Crippen LogP contribution in [0.25, 0.3) is 0 Å². The highest BCUT2D eigenvalue weighted by molar-refractivity contribution is 7.09. The van der Waals surface area contributed by atoms with Crippen molar-refractivity contribution < 1.29 is 9.90 Å². The minimum atomic E-state index is -0.227. The Bertz CT molecular complexity index is 381. The summed E-state index contributed by atoms with van der Waals surface area (Å²) in [5.41, 5.74) is 0.891. The third-order valence-corrected chi connectivity index (χ3v) is 3.61. The number of amides is 2. The number of hydrogen-bond donors (Lipinski definition) is 3. The Balaban J connectivity index is 2.43. The lowest BCUT2D eigenvalue weighted by Crippen LogP contribution is -2.42. The summed E-state index contributed by atoms with van der Waals surface area (Å²) < 4.78 is 0. The molecule has 1 heterocycles. The minimum Gasteiger partial charge on any atom is -0.396 e. The van der Waals surface area contributed by atoms with Crippen LogP contribution >= 0.6 is 11.3 Å². The van der Waals surface area contributed by atoms with Crippen LogP contribution in [0, 0.1) is 0 Å². The largest absolute Gasteiger partial charge is 0.396 e. The van der Waals surface area contributed by atoms with Gasteiger partial charge in [0.25, 0.3) is 0 Å². The van der Waals surface area contributed by atoms with Gasteiger partial charge in [0.05, 0.1) is 16.7 Å². The monoisotopic (exact) mass is 271 g/mol. The van der Waals surface area contributed by atoms with E-state index in [0.717, 1.165) is 17.1 Å². The lowest BCUT2D eigenvalue weighted by atomic mass is 10.2. The predicted octanol–water partition coefficient (Wildman–Crippen LogP) is 1.84. The van der Waals surface area contributed by atoms with Crippen LogP contribution in [0.3, 0.4) is 0 Å². The zero-order valence-corrected chi connectivity index (χ0v) is 11.9. The second-order valence-corrected chi connectivity index (χ2v) is 5.22. The quantitative estimate of drug-likeness (QED) is 0.739. The fourth-order valence-electron chi connectivity index (χ4n) is 1.49. The highest BCUT2D eigenvalue weighted by atomic mass is 32.1. The molecule has 0 bridgehead atoms. The van der Waals surface area contributed by atoms with Crippen LogP contribution in [0.15, 0.2) is 5.38 Å². The number of aryl methyl sites for hydroxylation is 1. The summed E-state index contributed by atoms with van der Waals surface area (Å²) in [7, 11) is 0. The normalized spacial score (nSPS) is 14.0. The van der Waals surface area contributed by atoms with Crippen molar-refractivity contribution in [1.82, 2.24) is 15.6 Å². The second-order valence-electron chi connectivity index (χ2n) is 4.27. The molecule has 0 aliphatic rings. The molecule has 2 amide bonds. The number of thiazole rings is 1. The van der Waals surface area contributed by atoms with Crippen molar-refractivity contribution >= 4 is 17.4 Å².